The molecule has 2 heteroatoms. The van der Waals surface area contributed by atoms with Crippen LogP contribution in [0.5, 0.6) is 5.75 Å². The minimum atomic E-state index is 0.339. The third-order valence-corrected chi connectivity index (χ3v) is 3.67. The van der Waals surface area contributed by atoms with Crippen LogP contribution in [0.25, 0.3) is 0 Å². The molecule has 0 saturated heterocycles. The summed E-state index contributed by atoms with van der Waals surface area (Å²) in [7, 11) is 0. The van der Waals surface area contributed by atoms with Gasteiger partial charge in [0.1, 0.15) is 5.75 Å². The van der Waals surface area contributed by atoms with Crippen molar-refractivity contribution in [1.82, 2.24) is 0 Å². The van der Waals surface area contributed by atoms with Crippen LogP contribution in [0.4, 0.5) is 5.69 Å². The highest BCUT2D eigenvalue weighted by atomic mass is 16.5. The van der Waals surface area contributed by atoms with Crippen molar-refractivity contribution in [2.75, 3.05) is 11.9 Å². The Labute approximate surface area is 114 Å². The second kappa shape index (κ2) is 4.96. The summed E-state index contributed by atoms with van der Waals surface area (Å²) in [6.45, 7) is 5.06. The summed E-state index contributed by atoms with van der Waals surface area (Å²) in [6.07, 6.45) is 1.00. The number of rotatable bonds is 2. The quantitative estimate of drug-likeness (QED) is 0.864. The van der Waals surface area contributed by atoms with E-state index in [2.05, 4.69) is 49.5 Å². The van der Waals surface area contributed by atoms with Crippen molar-refractivity contribution in [3.63, 3.8) is 0 Å². The first-order valence-corrected chi connectivity index (χ1v) is 6.79. The lowest BCUT2D eigenvalue weighted by molar-refractivity contribution is 0.274. The number of ether oxygens (including phenoxy) is 1. The van der Waals surface area contributed by atoms with Gasteiger partial charge in [0.05, 0.1) is 12.6 Å². The smallest absolute Gasteiger partial charge is 0.124 e. The number of nitrogens with one attached hydrogen (secondary N) is 1. The first kappa shape index (κ1) is 12.1. The zero-order valence-corrected chi connectivity index (χ0v) is 11.4. The van der Waals surface area contributed by atoms with Crippen LogP contribution in [0.2, 0.25) is 0 Å². The molecule has 1 aliphatic rings. The maximum Gasteiger partial charge on any atom is 0.124 e. The fraction of sp³-hybridized carbons (Fsp3) is 0.294. The Morgan fingerprint density at radius 2 is 1.95 bits per heavy atom. The van der Waals surface area contributed by atoms with Gasteiger partial charge in [-0.2, -0.15) is 0 Å². The van der Waals surface area contributed by atoms with Gasteiger partial charge in [0.25, 0.3) is 0 Å². The molecule has 1 unspecified atom stereocenters. The van der Waals surface area contributed by atoms with Gasteiger partial charge in [-0.05, 0) is 31.5 Å². The molecule has 0 aromatic heterocycles. The minimum Gasteiger partial charge on any atom is -0.493 e. The summed E-state index contributed by atoms with van der Waals surface area (Å²) in [5, 5.41) is 3.65. The Morgan fingerprint density at radius 1 is 1.11 bits per heavy atom. The summed E-state index contributed by atoms with van der Waals surface area (Å²) in [6, 6.07) is 15.2. The molecule has 2 nitrogen and oxygen atoms in total. The fourth-order valence-electron chi connectivity index (χ4n) is 2.66. The molecule has 0 aliphatic carbocycles. The molecule has 0 saturated carbocycles. The van der Waals surface area contributed by atoms with Crippen LogP contribution in [0, 0.1) is 13.8 Å². The highest BCUT2D eigenvalue weighted by Crippen LogP contribution is 2.34. The zero-order chi connectivity index (χ0) is 13.2. The van der Waals surface area contributed by atoms with Gasteiger partial charge in [-0.15, -0.1) is 0 Å². The van der Waals surface area contributed by atoms with E-state index in [1.54, 1.807) is 0 Å². The van der Waals surface area contributed by atoms with E-state index in [0.29, 0.717) is 6.04 Å². The van der Waals surface area contributed by atoms with Crippen molar-refractivity contribution in [2.24, 2.45) is 0 Å². The molecule has 0 fully saturated rings. The summed E-state index contributed by atoms with van der Waals surface area (Å²) >= 11 is 0. The summed E-state index contributed by atoms with van der Waals surface area (Å²) in [4.78, 5) is 0. The van der Waals surface area contributed by atoms with Crippen LogP contribution in [-0.2, 0) is 0 Å². The lowest BCUT2D eigenvalue weighted by Crippen LogP contribution is -2.20. The molecular formula is C17H19NO. The molecule has 1 N–H and O–H groups in total. The summed E-state index contributed by atoms with van der Waals surface area (Å²) in [5.41, 5.74) is 5.07. The first-order chi connectivity index (χ1) is 9.24. The molecule has 0 bridgehead atoms. The number of benzene rings is 2. The lowest BCUT2D eigenvalue weighted by Gasteiger charge is -2.28. The third kappa shape index (κ3) is 2.43. The summed E-state index contributed by atoms with van der Waals surface area (Å²) in [5.74, 6) is 1.01. The highest BCUT2D eigenvalue weighted by molar-refractivity contribution is 5.54. The van der Waals surface area contributed by atoms with Gasteiger partial charge < -0.3 is 10.1 Å². The average molecular weight is 253 g/mol. The second-order valence-corrected chi connectivity index (χ2v) is 5.19. The molecule has 98 valence electrons. The van der Waals surface area contributed by atoms with Gasteiger partial charge in [-0.25, -0.2) is 0 Å². The Morgan fingerprint density at radius 3 is 2.79 bits per heavy atom. The van der Waals surface area contributed by atoms with Gasteiger partial charge in [0, 0.05) is 17.7 Å². The second-order valence-electron chi connectivity index (χ2n) is 5.19. The number of para-hydroxylation sites is 1. The van der Waals surface area contributed by atoms with E-state index in [1.807, 2.05) is 12.1 Å². The van der Waals surface area contributed by atoms with Crippen LogP contribution >= 0.6 is 0 Å². The number of hydrogen-bond acceptors (Lipinski definition) is 2. The molecule has 1 heterocycles. The third-order valence-electron chi connectivity index (χ3n) is 3.67. The van der Waals surface area contributed by atoms with Crippen LogP contribution in [0.1, 0.15) is 29.2 Å². The van der Waals surface area contributed by atoms with Gasteiger partial charge in [0.2, 0.25) is 0 Å². The van der Waals surface area contributed by atoms with Gasteiger partial charge in [-0.1, -0.05) is 35.9 Å². The van der Waals surface area contributed by atoms with Crippen molar-refractivity contribution in [1.29, 1.82) is 0 Å². The monoisotopic (exact) mass is 253 g/mol. The van der Waals surface area contributed by atoms with Crippen LogP contribution < -0.4 is 10.1 Å². The van der Waals surface area contributed by atoms with Gasteiger partial charge in [-0.3, -0.25) is 0 Å². The van der Waals surface area contributed by atoms with Crippen molar-refractivity contribution in [3.8, 4) is 5.75 Å². The molecule has 3 rings (SSSR count). The molecule has 0 radical (unpaired) electrons. The molecule has 1 atom stereocenters. The van der Waals surface area contributed by atoms with E-state index < -0.39 is 0 Å². The predicted octanol–water partition coefficient (Wildman–Crippen LogP) is 4.24. The van der Waals surface area contributed by atoms with Crippen molar-refractivity contribution >= 4 is 5.69 Å². The fourth-order valence-corrected chi connectivity index (χ4v) is 2.66. The van der Waals surface area contributed by atoms with E-state index in [4.69, 9.17) is 4.74 Å². The zero-order valence-electron chi connectivity index (χ0n) is 11.4. The number of aryl methyl sites for hydroxylation is 2. The summed E-state index contributed by atoms with van der Waals surface area (Å²) < 4.78 is 5.70. The van der Waals surface area contributed by atoms with E-state index >= 15 is 0 Å². The van der Waals surface area contributed by atoms with Gasteiger partial charge >= 0.3 is 0 Å². The predicted molar refractivity (Wildman–Crippen MR) is 78.8 cm³/mol. The van der Waals surface area contributed by atoms with E-state index in [0.717, 1.165) is 18.8 Å². The Bertz CT molecular complexity index is 592. The van der Waals surface area contributed by atoms with Gasteiger partial charge in [0.15, 0.2) is 0 Å². The highest BCUT2D eigenvalue weighted by Gasteiger charge is 2.21. The minimum absolute atomic E-state index is 0.339. The van der Waals surface area contributed by atoms with Crippen LogP contribution in [-0.4, -0.2) is 6.61 Å². The maximum absolute atomic E-state index is 5.70. The van der Waals surface area contributed by atoms with E-state index in [1.165, 1.54) is 22.4 Å². The van der Waals surface area contributed by atoms with Crippen molar-refractivity contribution < 1.29 is 4.74 Å². The normalized spacial score (nSPS) is 17.5. The van der Waals surface area contributed by atoms with Crippen LogP contribution in [0.3, 0.4) is 0 Å². The largest absolute Gasteiger partial charge is 0.493 e. The van der Waals surface area contributed by atoms with E-state index in [-0.39, 0.29) is 0 Å². The SMILES string of the molecule is Cc1ccc(NC2CCOc3ccccc32)c(C)c1. The topological polar surface area (TPSA) is 21.3 Å². The van der Waals surface area contributed by atoms with E-state index in [9.17, 15) is 0 Å². The average Bonchev–Trinajstić information content (AvgIpc) is 2.42. The molecule has 1 aliphatic heterocycles. The molecule has 19 heavy (non-hydrogen) atoms. The Kier molecular flexibility index (Phi) is 3.16. The molecule has 2 aromatic rings. The molecule has 2 aromatic carbocycles. The number of fused-ring (bicyclic) bond motifs is 1. The van der Waals surface area contributed by atoms with Crippen LogP contribution in [0.15, 0.2) is 42.5 Å². The molecule has 0 spiro atoms. The number of hydrogen-bond donors (Lipinski definition) is 1. The first-order valence-electron chi connectivity index (χ1n) is 6.79. The molecule has 0 amide bonds. The Balaban J connectivity index is 1.88. The molecular weight excluding hydrogens is 234 g/mol. The Hall–Kier alpha value is -1.96. The lowest BCUT2D eigenvalue weighted by atomic mass is 9.99. The maximum atomic E-state index is 5.70. The van der Waals surface area contributed by atoms with Crippen molar-refractivity contribution in [3.05, 3.63) is 59.2 Å². The van der Waals surface area contributed by atoms with Crippen molar-refractivity contribution in [2.45, 2.75) is 26.3 Å². The number of anilines is 1. The standard InChI is InChI=1S/C17H19NO/c1-12-7-8-15(13(2)11-12)18-16-9-10-19-17-6-4-3-5-14(16)17/h3-8,11,16,18H,9-10H2,1-2H3.